The average Bonchev–Trinajstić information content (AvgIpc) is 3.52. The number of hydrogen-bond acceptors (Lipinski definition) is 5. The van der Waals surface area contributed by atoms with Crippen LogP contribution in [0.1, 0.15) is 18.4 Å². The molecular formula is C20H22N2O5S. The maximum Gasteiger partial charge on any atom is 0.309 e. The number of sulfonamides is 1. The molecule has 1 aliphatic carbocycles. The topological polar surface area (TPSA) is 92.8 Å². The lowest BCUT2D eigenvalue weighted by atomic mass is 10.2. The Morgan fingerprint density at radius 2 is 1.71 bits per heavy atom. The maximum atomic E-state index is 12.7. The van der Waals surface area contributed by atoms with Gasteiger partial charge in [-0.2, -0.15) is 4.31 Å². The molecule has 3 rings (SSSR count). The van der Waals surface area contributed by atoms with Gasteiger partial charge in [0, 0.05) is 19.3 Å². The van der Waals surface area contributed by atoms with Crippen LogP contribution < -0.4 is 5.32 Å². The number of hydrogen-bond donors (Lipinski definition) is 1. The molecule has 28 heavy (non-hydrogen) atoms. The number of ether oxygens (including phenoxy) is 1. The van der Waals surface area contributed by atoms with Crippen molar-refractivity contribution in [3.63, 3.8) is 0 Å². The lowest BCUT2D eigenvalue weighted by molar-refractivity contribution is -0.148. The van der Waals surface area contributed by atoms with Crippen molar-refractivity contribution >= 4 is 27.6 Å². The highest BCUT2D eigenvalue weighted by molar-refractivity contribution is 7.89. The first-order valence-corrected chi connectivity index (χ1v) is 10.4. The molecule has 1 aliphatic rings. The number of rotatable bonds is 8. The molecule has 8 heteroatoms. The molecule has 1 fully saturated rings. The summed E-state index contributed by atoms with van der Waals surface area (Å²) in [6.07, 6.45) is 1.63. The summed E-state index contributed by atoms with van der Waals surface area (Å²) in [6, 6.07) is 15.2. The average molecular weight is 402 g/mol. The predicted octanol–water partition coefficient (Wildman–Crippen LogP) is 2.40. The molecule has 0 aromatic heterocycles. The number of amides is 1. The molecule has 0 atom stereocenters. The van der Waals surface area contributed by atoms with Gasteiger partial charge in [0.05, 0.1) is 10.8 Å². The fraction of sp³-hybridized carbons (Fsp3) is 0.300. The van der Waals surface area contributed by atoms with Crippen LogP contribution in [0.3, 0.4) is 0 Å². The van der Waals surface area contributed by atoms with Crippen LogP contribution >= 0.6 is 0 Å². The minimum atomic E-state index is -3.66. The molecule has 0 bridgehead atoms. The summed E-state index contributed by atoms with van der Waals surface area (Å²) in [7, 11) is -2.14. The van der Waals surface area contributed by atoms with E-state index in [1.54, 1.807) is 0 Å². The van der Waals surface area contributed by atoms with Crippen LogP contribution in [0.5, 0.6) is 0 Å². The summed E-state index contributed by atoms with van der Waals surface area (Å²) >= 11 is 0. The number of benzene rings is 2. The van der Waals surface area contributed by atoms with Crippen molar-refractivity contribution in [2.75, 3.05) is 19.0 Å². The van der Waals surface area contributed by atoms with Crippen LogP contribution in [0.15, 0.2) is 59.5 Å². The third-order valence-corrected chi connectivity index (χ3v) is 6.17. The van der Waals surface area contributed by atoms with E-state index in [1.165, 1.54) is 35.6 Å². The fourth-order valence-corrected chi connectivity index (χ4v) is 3.75. The van der Waals surface area contributed by atoms with Gasteiger partial charge in [0.2, 0.25) is 10.0 Å². The van der Waals surface area contributed by atoms with Crippen molar-refractivity contribution in [2.45, 2.75) is 24.3 Å². The van der Waals surface area contributed by atoms with E-state index >= 15 is 0 Å². The molecule has 2 aromatic carbocycles. The van der Waals surface area contributed by atoms with E-state index in [2.05, 4.69) is 5.32 Å². The van der Waals surface area contributed by atoms with Crippen LogP contribution in [-0.2, 0) is 30.9 Å². The number of anilines is 1. The van der Waals surface area contributed by atoms with Gasteiger partial charge in [0.1, 0.15) is 0 Å². The number of carbonyl (C=O) groups is 2. The highest BCUT2D eigenvalue weighted by atomic mass is 32.2. The molecule has 1 amide bonds. The molecule has 7 nitrogen and oxygen atoms in total. The standard InChI is InChI=1S/C20H22N2O5S/c1-22(13-15-5-3-2-4-6-15)28(25,26)18-11-9-17(10-12-18)21-19(23)14-27-20(24)16-7-8-16/h2-6,9-12,16H,7-8,13-14H2,1H3,(H,21,23). The van der Waals surface area contributed by atoms with Crippen molar-refractivity contribution < 1.29 is 22.7 Å². The van der Waals surface area contributed by atoms with Crippen molar-refractivity contribution in [3.8, 4) is 0 Å². The number of carbonyl (C=O) groups excluding carboxylic acids is 2. The Kier molecular flexibility index (Phi) is 6.11. The monoisotopic (exact) mass is 402 g/mol. The summed E-state index contributed by atoms with van der Waals surface area (Å²) in [5, 5.41) is 2.58. The first-order valence-electron chi connectivity index (χ1n) is 8.93. The van der Waals surface area contributed by atoms with E-state index in [1.807, 2.05) is 30.3 Å². The van der Waals surface area contributed by atoms with Gasteiger partial charge in [-0.1, -0.05) is 30.3 Å². The number of esters is 1. The van der Waals surface area contributed by atoms with E-state index in [0.29, 0.717) is 5.69 Å². The van der Waals surface area contributed by atoms with Gasteiger partial charge in [-0.05, 0) is 42.7 Å². The van der Waals surface area contributed by atoms with Gasteiger partial charge in [0.15, 0.2) is 6.61 Å². The fourth-order valence-electron chi connectivity index (χ4n) is 2.59. The molecule has 0 heterocycles. The minimum Gasteiger partial charge on any atom is -0.455 e. The van der Waals surface area contributed by atoms with Crippen molar-refractivity contribution in [2.24, 2.45) is 5.92 Å². The normalized spacial score (nSPS) is 13.9. The summed E-state index contributed by atoms with van der Waals surface area (Å²) in [6.45, 7) is -0.0940. The summed E-state index contributed by atoms with van der Waals surface area (Å²) in [5.74, 6) is -0.881. The molecule has 148 valence electrons. The molecule has 0 spiro atoms. The van der Waals surface area contributed by atoms with Gasteiger partial charge in [-0.3, -0.25) is 9.59 Å². The lowest BCUT2D eigenvalue weighted by Crippen LogP contribution is -2.26. The Morgan fingerprint density at radius 3 is 2.32 bits per heavy atom. The molecule has 0 aliphatic heterocycles. The second-order valence-corrected chi connectivity index (χ2v) is 8.75. The zero-order valence-electron chi connectivity index (χ0n) is 15.5. The van der Waals surface area contributed by atoms with E-state index in [9.17, 15) is 18.0 Å². The summed E-state index contributed by atoms with van der Waals surface area (Å²) in [4.78, 5) is 23.4. The zero-order chi connectivity index (χ0) is 20.1. The van der Waals surface area contributed by atoms with E-state index in [-0.39, 0.29) is 29.9 Å². The van der Waals surface area contributed by atoms with E-state index in [4.69, 9.17) is 4.74 Å². The Bertz CT molecular complexity index is 938. The first-order chi connectivity index (χ1) is 13.4. The molecule has 1 N–H and O–H groups in total. The molecule has 1 saturated carbocycles. The number of nitrogens with zero attached hydrogens (tertiary/aromatic N) is 1. The van der Waals surface area contributed by atoms with E-state index < -0.39 is 15.9 Å². The van der Waals surface area contributed by atoms with Crippen molar-refractivity contribution in [1.29, 1.82) is 0 Å². The Morgan fingerprint density at radius 1 is 1.07 bits per heavy atom. The van der Waals surface area contributed by atoms with Crippen LogP contribution in [0.4, 0.5) is 5.69 Å². The highest BCUT2D eigenvalue weighted by Crippen LogP contribution is 2.30. The van der Waals surface area contributed by atoms with Crippen LogP contribution in [0, 0.1) is 5.92 Å². The quantitative estimate of drug-likeness (QED) is 0.685. The Labute approximate surface area is 164 Å². The Balaban J connectivity index is 1.57. The zero-order valence-corrected chi connectivity index (χ0v) is 16.3. The van der Waals surface area contributed by atoms with Gasteiger partial charge in [0.25, 0.3) is 5.91 Å². The highest BCUT2D eigenvalue weighted by Gasteiger charge is 2.31. The molecule has 0 unspecified atom stereocenters. The molecule has 2 aromatic rings. The van der Waals surface area contributed by atoms with E-state index in [0.717, 1.165) is 18.4 Å². The smallest absolute Gasteiger partial charge is 0.309 e. The SMILES string of the molecule is CN(Cc1ccccc1)S(=O)(=O)c1ccc(NC(=O)COC(=O)C2CC2)cc1. The number of nitrogens with one attached hydrogen (secondary N) is 1. The van der Waals surface area contributed by atoms with Crippen LogP contribution in [-0.4, -0.2) is 38.3 Å². The molecule has 0 saturated heterocycles. The van der Waals surface area contributed by atoms with Gasteiger partial charge < -0.3 is 10.1 Å². The first kappa shape index (κ1) is 20.0. The summed E-state index contributed by atoms with van der Waals surface area (Å²) < 4.78 is 31.6. The maximum absolute atomic E-state index is 12.7. The second kappa shape index (κ2) is 8.53. The van der Waals surface area contributed by atoms with Gasteiger partial charge in [-0.25, -0.2) is 8.42 Å². The Hall–Kier alpha value is -2.71. The largest absolute Gasteiger partial charge is 0.455 e. The van der Waals surface area contributed by atoms with Crippen molar-refractivity contribution in [3.05, 3.63) is 60.2 Å². The second-order valence-electron chi connectivity index (χ2n) is 6.70. The van der Waals surface area contributed by atoms with Crippen LogP contribution in [0.25, 0.3) is 0 Å². The predicted molar refractivity (Wildman–Crippen MR) is 104 cm³/mol. The third kappa shape index (κ3) is 5.17. The van der Waals surface area contributed by atoms with Crippen molar-refractivity contribution in [1.82, 2.24) is 4.31 Å². The third-order valence-electron chi connectivity index (χ3n) is 4.35. The van der Waals surface area contributed by atoms with Gasteiger partial charge >= 0.3 is 5.97 Å². The van der Waals surface area contributed by atoms with Gasteiger partial charge in [-0.15, -0.1) is 0 Å². The molecular weight excluding hydrogens is 380 g/mol. The lowest BCUT2D eigenvalue weighted by Gasteiger charge is -2.17. The minimum absolute atomic E-state index is 0.0647. The molecule has 0 radical (unpaired) electrons. The van der Waals surface area contributed by atoms with Crippen LogP contribution in [0.2, 0.25) is 0 Å². The summed E-state index contributed by atoms with van der Waals surface area (Å²) in [5.41, 5.74) is 1.32.